The van der Waals surface area contributed by atoms with Crippen molar-refractivity contribution in [1.29, 1.82) is 0 Å². The van der Waals surface area contributed by atoms with Gasteiger partial charge in [-0.2, -0.15) is 0 Å². The van der Waals surface area contributed by atoms with Crippen LogP contribution in [0.25, 0.3) is 6.08 Å². The van der Waals surface area contributed by atoms with Crippen molar-refractivity contribution in [2.75, 3.05) is 12.1 Å². The molecule has 2 N–H and O–H groups in total. The van der Waals surface area contributed by atoms with Crippen molar-refractivity contribution in [2.45, 2.75) is 0 Å². The second-order valence-corrected chi connectivity index (χ2v) is 4.21. The van der Waals surface area contributed by atoms with Crippen LogP contribution >= 0.6 is 0 Å². The summed E-state index contributed by atoms with van der Waals surface area (Å²) in [5.74, 6) is 1.87. The van der Waals surface area contributed by atoms with Crippen molar-refractivity contribution in [1.82, 2.24) is 0 Å². The highest BCUT2D eigenvalue weighted by Gasteiger charge is 2.12. The molecule has 5 heteroatoms. The lowest BCUT2D eigenvalue weighted by molar-refractivity contribution is -0.360. The molecule has 20 heavy (non-hydrogen) atoms. The lowest BCUT2D eigenvalue weighted by atomic mass is 10.2. The quantitative estimate of drug-likeness (QED) is 0.865. The van der Waals surface area contributed by atoms with Crippen molar-refractivity contribution in [3.63, 3.8) is 0 Å². The van der Waals surface area contributed by atoms with Gasteiger partial charge in [-0.3, -0.25) is 0 Å². The predicted molar refractivity (Wildman–Crippen MR) is 73.2 cm³/mol. The summed E-state index contributed by atoms with van der Waals surface area (Å²) in [5, 5.41) is 2.73. The van der Waals surface area contributed by atoms with Crippen LogP contribution in [0.3, 0.4) is 0 Å². The van der Waals surface area contributed by atoms with Gasteiger partial charge in [-0.05, 0) is 29.8 Å². The summed E-state index contributed by atoms with van der Waals surface area (Å²) in [6, 6.07) is 11.0. The lowest BCUT2D eigenvalue weighted by Crippen LogP contribution is -2.16. The van der Waals surface area contributed by atoms with Gasteiger partial charge in [0.15, 0.2) is 11.5 Å². The maximum Gasteiger partial charge on any atom is 0.331 e. The molecular weight excluding hydrogens is 256 g/mol. The highest BCUT2D eigenvalue weighted by Crippen LogP contribution is 2.32. The van der Waals surface area contributed by atoms with E-state index in [9.17, 15) is 4.79 Å². The fraction of sp³-hybridized carbons (Fsp3) is 0.0667. The molecule has 1 aliphatic rings. The number of ether oxygens (including phenoxy) is 2. The highest BCUT2D eigenvalue weighted by molar-refractivity contribution is 6.00. The van der Waals surface area contributed by atoms with E-state index in [2.05, 4.69) is 10.3 Å². The molecule has 0 fully saturated rings. The molecule has 1 amide bonds. The van der Waals surface area contributed by atoms with Gasteiger partial charge in [-0.25, -0.2) is 15.1 Å². The number of fused-ring (bicyclic) bond motifs is 1. The number of H-pyrrole nitrogens is 1. The average molecular weight is 269 g/mol. The normalized spacial score (nSPS) is 12.6. The molecule has 0 spiro atoms. The van der Waals surface area contributed by atoms with Crippen molar-refractivity contribution >= 4 is 17.8 Å². The van der Waals surface area contributed by atoms with Gasteiger partial charge in [-0.15, -0.1) is 0 Å². The molecule has 0 radical (unpaired) electrons. The minimum absolute atomic E-state index is 0.204. The molecule has 1 aliphatic heterocycles. The van der Waals surface area contributed by atoms with Gasteiger partial charge in [0.1, 0.15) is 0 Å². The lowest BCUT2D eigenvalue weighted by Gasteiger charge is -1.97. The number of carbonyl (C=O) groups is 1. The van der Waals surface area contributed by atoms with E-state index in [0.717, 1.165) is 11.3 Å². The van der Waals surface area contributed by atoms with E-state index in [4.69, 9.17) is 9.47 Å². The second-order valence-electron chi connectivity index (χ2n) is 4.21. The van der Waals surface area contributed by atoms with E-state index in [0.29, 0.717) is 11.6 Å². The Hall–Kier alpha value is -2.82. The number of carbonyl (C=O) groups excluding carboxylic acids is 1. The molecule has 0 aliphatic carbocycles. The number of rotatable bonds is 3. The number of hydrogen-bond acceptors (Lipinski definition) is 3. The number of benzene rings is 1. The van der Waals surface area contributed by atoms with Crippen LogP contribution in [0.5, 0.6) is 11.5 Å². The van der Waals surface area contributed by atoms with Crippen LogP contribution in [-0.4, -0.2) is 12.7 Å². The Bertz CT molecular complexity index is 653. The van der Waals surface area contributed by atoms with Gasteiger partial charge in [0.05, 0.1) is 6.20 Å². The maximum absolute atomic E-state index is 11.7. The van der Waals surface area contributed by atoms with E-state index in [-0.39, 0.29) is 12.7 Å². The smallest absolute Gasteiger partial charge is 0.331 e. The Morgan fingerprint density at radius 2 is 2.10 bits per heavy atom. The van der Waals surface area contributed by atoms with Crippen molar-refractivity contribution in [3.8, 4) is 11.5 Å². The number of amides is 1. The molecule has 0 saturated heterocycles. The second kappa shape index (κ2) is 5.44. The van der Waals surface area contributed by atoms with Crippen LogP contribution in [-0.2, 0) is 4.79 Å². The number of aromatic amines is 1. The molecule has 0 bridgehead atoms. The number of anilines is 1. The third-order valence-electron chi connectivity index (χ3n) is 2.79. The van der Waals surface area contributed by atoms with Gasteiger partial charge < -0.3 is 9.47 Å². The summed E-state index contributed by atoms with van der Waals surface area (Å²) in [4.78, 5) is 14.7. The first-order valence-corrected chi connectivity index (χ1v) is 6.17. The summed E-state index contributed by atoms with van der Waals surface area (Å²) < 4.78 is 10.5. The monoisotopic (exact) mass is 269 g/mol. The zero-order valence-corrected chi connectivity index (χ0v) is 10.6. The van der Waals surface area contributed by atoms with Gasteiger partial charge in [0, 0.05) is 12.1 Å². The van der Waals surface area contributed by atoms with Crippen LogP contribution in [0.4, 0.5) is 5.82 Å². The van der Waals surface area contributed by atoms with E-state index >= 15 is 0 Å². The highest BCUT2D eigenvalue weighted by atomic mass is 16.7. The number of aromatic nitrogens is 1. The SMILES string of the molecule is O=C(C=Cc1ccc2c(c1)OCO2)Nc1cccc[nH+]1. The largest absolute Gasteiger partial charge is 0.454 e. The Kier molecular flexibility index (Phi) is 3.33. The first kappa shape index (κ1) is 12.2. The number of nitrogens with one attached hydrogen (secondary N) is 2. The van der Waals surface area contributed by atoms with Crippen LogP contribution in [0.2, 0.25) is 0 Å². The van der Waals surface area contributed by atoms with Crippen LogP contribution in [0.1, 0.15) is 5.56 Å². The predicted octanol–water partition coefficient (Wildman–Crippen LogP) is 1.88. The van der Waals surface area contributed by atoms with Crippen LogP contribution in [0.15, 0.2) is 48.7 Å². The first-order valence-electron chi connectivity index (χ1n) is 6.17. The summed E-state index contributed by atoms with van der Waals surface area (Å²) in [6.45, 7) is 0.243. The van der Waals surface area contributed by atoms with Gasteiger partial charge in [-0.1, -0.05) is 12.1 Å². The minimum atomic E-state index is -0.204. The molecule has 0 unspecified atom stereocenters. The maximum atomic E-state index is 11.7. The van der Waals surface area contributed by atoms with E-state index in [1.165, 1.54) is 6.08 Å². The fourth-order valence-electron chi connectivity index (χ4n) is 1.83. The van der Waals surface area contributed by atoms with E-state index < -0.39 is 0 Å². The molecule has 1 aromatic heterocycles. The molecule has 0 saturated carbocycles. The van der Waals surface area contributed by atoms with Crippen molar-refractivity contribution < 1.29 is 19.3 Å². The molecule has 2 heterocycles. The summed E-state index contributed by atoms with van der Waals surface area (Å²) in [5.41, 5.74) is 0.876. The zero-order valence-electron chi connectivity index (χ0n) is 10.6. The molecule has 5 nitrogen and oxygen atoms in total. The van der Waals surface area contributed by atoms with Crippen LogP contribution in [0, 0.1) is 0 Å². The van der Waals surface area contributed by atoms with Gasteiger partial charge >= 0.3 is 5.91 Å². The first-order chi connectivity index (χ1) is 9.81. The van der Waals surface area contributed by atoms with E-state index in [1.807, 2.05) is 30.3 Å². The van der Waals surface area contributed by atoms with E-state index in [1.54, 1.807) is 18.3 Å². The Labute approximate surface area is 115 Å². The number of hydrogen-bond donors (Lipinski definition) is 1. The molecule has 100 valence electrons. The Morgan fingerprint density at radius 1 is 1.20 bits per heavy atom. The standard InChI is InChI=1S/C15H12N2O3/c18-15(17-14-3-1-2-8-16-14)7-5-11-4-6-12-13(9-11)20-10-19-12/h1-9H,10H2,(H,16,17,18)/p+1. The third kappa shape index (κ3) is 2.77. The van der Waals surface area contributed by atoms with Gasteiger partial charge in [0.2, 0.25) is 6.79 Å². The Balaban J connectivity index is 1.66. The minimum Gasteiger partial charge on any atom is -0.454 e. The average Bonchev–Trinajstić information content (AvgIpc) is 2.93. The fourth-order valence-corrected chi connectivity index (χ4v) is 1.83. The summed E-state index contributed by atoms with van der Waals surface area (Å²) in [7, 11) is 0. The number of pyridine rings is 1. The summed E-state index contributed by atoms with van der Waals surface area (Å²) >= 11 is 0. The van der Waals surface area contributed by atoms with Crippen LogP contribution < -0.4 is 19.8 Å². The van der Waals surface area contributed by atoms with Gasteiger partial charge in [0.25, 0.3) is 5.82 Å². The van der Waals surface area contributed by atoms with Crippen molar-refractivity contribution in [3.05, 3.63) is 54.2 Å². The third-order valence-corrected chi connectivity index (χ3v) is 2.79. The Morgan fingerprint density at radius 3 is 2.95 bits per heavy atom. The molecule has 0 atom stereocenters. The topological polar surface area (TPSA) is 61.7 Å². The molecule has 2 aromatic rings. The van der Waals surface area contributed by atoms with Crippen molar-refractivity contribution in [2.24, 2.45) is 0 Å². The summed E-state index contributed by atoms with van der Waals surface area (Å²) in [6.07, 6.45) is 4.94. The molecule has 3 rings (SSSR count). The zero-order chi connectivity index (χ0) is 13.8. The molecule has 1 aromatic carbocycles. The molecular formula is C15H13N2O3+.